The van der Waals surface area contributed by atoms with Gasteiger partial charge in [0.1, 0.15) is 19.3 Å². The number of carbonyl (C=O) groups is 2. The molecule has 1 atom stereocenters. The molecule has 0 unspecified atom stereocenters. The lowest BCUT2D eigenvalue weighted by atomic mass is 10.2. The maximum absolute atomic E-state index is 12.7. The Balaban J connectivity index is 1.60. The van der Waals surface area contributed by atoms with Gasteiger partial charge in [0.15, 0.2) is 5.11 Å². The number of benzene rings is 3. The van der Waals surface area contributed by atoms with E-state index in [0.29, 0.717) is 0 Å². The second-order valence-corrected chi connectivity index (χ2v) is 7.37. The van der Waals surface area contributed by atoms with Gasteiger partial charge in [0.25, 0.3) is 0 Å². The van der Waals surface area contributed by atoms with E-state index in [0.717, 1.165) is 16.8 Å². The van der Waals surface area contributed by atoms with Crippen LogP contribution in [0.25, 0.3) is 0 Å². The second-order valence-electron chi connectivity index (χ2n) is 6.96. The van der Waals surface area contributed by atoms with Gasteiger partial charge in [-0.2, -0.15) is 0 Å². The van der Waals surface area contributed by atoms with Crippen molar-refractivity contribution in [3.8, 4) is 0 Å². The summed E-state index contributed by atoms with van der Waals surface area (Å²) in [5.74, 6) is -1.13. The van der Waals surface area contributed by atoms with E-state index in [-0.39, 0.29) is 24.7 Å². The molecule has 3 rings (SSSR count). The predicted octanol–water partition coefficient (Wildman–Crippen LogP) is 4.22. The van der Waals surface area contributed by atoms with Gasteiger partial charge in [-0.15, -0.1) is 0 Å². The summed E-state index contributed by atoms with van der Waals surface area (Å²) in [5.41, 5.74) is 2.46. The molecule has 3 aromatic rings. The zero-order chi connectivity index (χ0) is 22.6. The first kappa shape index (κ1) is 23.0. The normalized spacial score (nSPS) is 11.1. The van der Waals surface area contributed by atoms with Gasteiger partial charge in [0, 0.05) is 5.69 Å². The fraction of sp³-hybridized carbons (Fsp3) is 0.160. The van der Waals surface area contributed by atoms with Gasteiger partial charge in [0.05, 0.1) is 6.42 Å². The Hall–Kier alpha value is -3.71. The highest BCUT2D eigenvalue weighted by molar-refractivity contribution is 7.80. The molecule has 0 aliphatic carbocycles. The molecular formula is C25H24N2O4S. The van der Waals surface area contributed by atoms with Crippen molar-refractivity contribution in [3.05, 3.63) is 102 Å². The molecule has 0 saturated heterocycles. The summed E-state index contributed by atoms with van der Waals surface area (Å²) in [6.07, 6.45) is -0.225. The number of para-hydroxylation sites is 1. The van der Waals surface area contributed by atoms with Crippen LogP contribution in [0.5, 0.6) is 0 Å². The van der Waals surface area contributed by atoms with E-state index in [4.69, 9.17) is 21.7 Å². The summed E-state index contributed by atoms with van der Waals surface area (Å²) in [5, 5.41) is 6.07. The van der Waals surface area contributed by atoms with Crippen LogP contribution in [0.2, 0.25) is 0 Å². The summed E-state index contributed by atoms with van der Waals surface area (Å²) in [7, 11) is 0. The maximum Gasteiger partial charge on any atom is 0.329 e. The number of esters is 2. The van der Waals surface area contributed by atoms with Crippen molar-refractivity contribution in [1.29, 1.82) is 0 Å². The summed E-state index contributed by atoms with van der Waals surface area (Å²) in [6, 6.07) is 26.9. The molecule has 0 saturated carbocycles. The van der Waals surface area contributed by atoms with Crippen molar-refractivity contribution in [2.45, 2.75) is 25.7 Å². The standard InChI is InChI=1S/C25H24N2O4S/c28-23(30-17-19-10-4-1-5-11-19)16-22(24(29)31-18-20-12-6-2-7-13-20)27-25(32)26-21-14-8-3-9-15-21/h1-15,22H,16-18H2,(H2,26,27,32)/t22-/m0/s1. The summed E-state index contributed by atoms with van der Waals surface area (Å²) >= 11 is 5.32. The van der Waals surface area contributed by atoms with Crippen molar-refractivity contribution >= 4 is 35.0 Å². The van der Waals surface area contributed by atoms with Gasteiger partial charge in [-0.25, -0.2) is 4.79 Å². The Morgan fingerprint density at radius 1 is 0.750 bits per heavy atom. The van der Waals surface area contributed by atoms with Crippen LogP contribution < -0.4 is 10.6 Å². The smallest absolute Gasteiger partial charge is 0.329 e. The average molecular weight is 449 g/mol. The number of rotatable bonds is 9. The summed E-state index contributed by atoms with van der Waals surface area (Å²) < 4.78 is 10.7. The van der Waals surface area contributed by atoms with Crippen LogP contribution in [-0.2, 0) is 32.3 Å². The van der Waals surface area contributed by atoms with E-state index in [9.17, 15) is 9.59 Å². The van der Waals surface area contributed by atoms with Crippen LogP contribution in [0.4, 0.5) is 5.69 Å². The number of anilines is 1. The van der Waals surface area contributed by atoms with Crippen LogP contribution in [0.3, 0.4) is 0 Å². The molecule has 0 aromatic heterocycles. The highest BCUT2D eigenvalue weighted by Gasteiger charge is 2.25. The molecule has 32 heavy (non-hydrogen) atoms. The third kappa shape index (κ3) is 7.85. The largest absolute Gasteiger partial charge is 0.461 e. The third-order valence-corrected chi connectivity index (χ3v) is 4.68. The van der Waals surface area contributed by atoms with Gasteiger partial charge in [-0.3, -0.25) is 4.79 Å². The number of hydrogen-bond donors (Lipinski definition) is 2. The molecule has 0 heterocycles. The minimum atomic E-state index is -0.995. The molecule has 0 amide bonds. The molecule has 0 fully saturated rings. The van der Waals surface area contributed by atoms with Crippen LogP contribution in [0.1, 0.15) is 17.5 Å². The Labute approximate surface area is 192 Å². The predicted molar refractivity (Wildman–Crippen MR) is 127 cm³/mol. The van der Waals surface area contributed by atoms with Crippen LogP contribution in [-0.4, -0.2) is 23.1 Å². The van der Waals surface area contributed by atoms with E-state index in [1.807, 2.05) is 91.0 Å². The Kier molecular flexibility index (Phi) is 8.77. The fourth-order valence-corrected chi connectivity index (χ4v) is 3.09. The molecule has 3 aromatic carbocycles. The molecule has 0 bridgehead atoms. The SMILES string of the molecule is O=C(C[C@H](NC(=S)Nc1ccccc1)C(=O)OCc1ccccc1)OCc1ccccc1. The quantitative estimate of drug-likeness (QED) is 0.375. The Bertz CT molecular complexity index is 1010. The first-order valence-corrected chi connectivity index (χ1v) is 10.5. The number of carbonyl (C=O) groups excluding carboxylic acids is 2. The zero-order valence-electron chi connectivity index (χ0n) is 17.4. The number of nitrogens with one attached hydrogen (secondary N) is 2. The third-order valence-electron chi connectivity index (χ3n) is 4.46. The lowest BCUT2D eigenvalue weighted by Gasteiger charge is -2.19. The minimum absolute atomic E-state index is 0.0930. The van der Waals surface area contributed by atoms with Crippen molar-refractivity contribution in [2.75, 3.05) is 5.32 Å². The molecular weight excluding hydrogens is 424 g/mol. The highest BCUT2D eigenvalue weighted by atomic mass is 32.1. The van der Waals surface area contributed by atoms with Gasteiger partial charge in [0.2, 0.25) is 0 Å². The topological polar surface area (TPSA) is 76.7 Å². The molecule has 2 N–H and O–H groups in total. The fourth-order valence-electron chi connectivity index (χ4n) is 2.83. The van der Waals surface area contributed by atoms with Gasteiger partial charge < -0.3 is 20.1 Å². The van der Waals surface area contributed by atoms with Gasteiger partial charge in [-0.1, -0.05) is 78.9 Å². The lowest BCUT2D eigenvalue weighted by molar-refractivity contribution is -0.153. The van der Waals surface area contributed by atoms with E-state index < -0.39 is 18.0 Å². The highest BCUT2D eigenvalue weighted by Crippen LogP contribution is 2.09. The number of thiocarbonyl (C=S) groups is 1. The van der Waals surface area contributed by atoms with Crippen LogP contribution in [0, 0.1) is 0 Å². The zero-order valence-corrected chi connectivity index (χ0v) is 18.2. The van der Waals surface area contributed by atoms with Crippen LogP contribution >= 0.6 is 12.2 Å². The maximum atomic E-state index is 12.7. The molecule has 7 heteroatoms. The van der Waals surface area contributed by atoms with E-state index in [1.165, 1.54) is 0 Å². The molecule has 164 valence electrons. The number of ether oxygens (including phenoxy) is 2. The Morgan fingerprint density at radius 2 is 1.25 bits per heavy atom. The number of hydrogen-bond acceptors (Lipinski definition) is 5. The van der Waals surface area contributed by atoms with Crippen molar-refractivity contribution in [3.63, 3.8) is 0 Å². The van der Waals surface area contributed by atoms with E-state index in [1.54, 1.807) is 0 Å². The van der Waals surface area contributed by atoms with Crippen molar-refractivity contribution in [1.82, 2.24) is 5.32 Å². The van der Waals surface area contributed by atoms with Crippen molar-refractivity contribution in [2.24, 2.45) is 0 Å². The van der Waals surface area contributed by atoms with E-state index in [2.05, 4.69) is 10.6 Å². The van der Waals surface area contributed by atoms with Crippen LogP contribution in [0.15, 0.2) is 91.0 Å². The monoisotopic (exact) mass is 448 g/mol. The van der Waals surface area contributed by atoms with Gasteiger partial charge >= 0.3 is 11.9 Å². The summed E-state index contributed by atoms with van der Waals surface area (Å²) in [4.78, 5) is 25.1. The molecule has 0 radical (unpaired) electrons. The molecule has 0 aliphatic rings. The first-order chi connectivity index (χ1) is 15.6. The van der Waals surface area contributed by atoms with E-state index >= 15 is 0 Å². The molecule has 0 aliphatic heterocycles. The van der Waals surface area contributed by atoms with Crippen molar-refractivity contribution < 1.29 is 19.1 Å². The first-order valence-electron chi connectivity index (χ1n) is 10.1. The summed E-state index contributed by atoms with van der Waals surface area (Å²) in [6.45, 7) is 0.216. The van der Waals surface area contributed by atoms with Gasteiger partial charge in [-0.05, 0) is 35.5 Å². The molecule has 6 nitrogen and oxygen atoms in total. The molecule has 0 spiro atoms. The second kappa shape index (κ2) is 12.2. The lowest BCUT2D eigenvalue weighted by Crippen LogP contribution is -2.45. The average Bonchev–Trinajstić information content (AvgIpc) is 2.83. The Morgan fingerprint density at radius 3 is 1.81 bits per heavy atom. The minimum Gasteiger partial charge on any atom is -0.461 e.